The van der Waals surface area contributed by atoms with Crippen LogP contribution in [0.3, 0.4) is 0 Å². The summed E-state index contributed by atoms with van der Waals surface area (Å²) in [5, 5.41) is 0. The van der Waals surface area contributed by atoms with E-state index in [1.165, 1.54) is 0 Å². The van der Waals surface area contributed by atoms with Gasteiger partial charge in [-0.15, -0.1) is 3.77 Å². The monoisotopic (exact) mass is 143 g/mol. The lowest BCUT2D eigenvalue weighted by Crippen LogP contribution is -1.21. The van der Waals surface area contributed by atoms with Crippen molar-refractivity contribution in [2.75, 3.05) is 0 Å². The molecule has 0 amide bonds. The van der Waals surface area contributed by atoms with E-state index in [1.807, 2.05) is 0 Å². The predicted molar refractivity (Wildman–Crippen MR) is 33.7 cm³/mol. The minimum Gasteiger partial charge on any atom is -0.137 e. The van der Waals surface area contributed by atoms with Gasteiger partial charge in [-0.1, -0.05) is 11.7 Å². The van der Waals surface area contributed by atoms with Crippen LogP contribution in [0.5, 0.6) is 0 Å². The highest BCUT2D eigenvalue weighted by Gasteiger charge is 1.51. The van der Waals surface area contributed by atoms with Gasteiger partial charge in [-0.3, -0.25) is 0 Å². The summed E-state index contributed by atoms with van der Waals surface area (Å²) in [6, 6.07) is 0. The quantitative estimate of drug-likeness (QED) is 0.336. The van der Waals surface area contributed by atoms with Gasteiger partial charge in [0.15, 0.2) is 0 Å². The summed E-state index contributed by atoms with van der Waals surface area (Å²) in [6.07, 6.45) is 0. The predicted octanol–water partition coefficient (Wildman–Crippen LogP) is 1.21. The van der Waals surface area contributed by atoms with Crippen molar-refractivity contribution in [1.29, 1.82) is 0 Å². The second kappa shape index (κ2) is 4.94. The van der Waals surface area contributed by atoms with Crippen LogP contribution < -0.4 is 0 Å². The Balaban J connectivity index is 2.93. The molecule has 0 aliphatic carbocycles. The van der Waals surface area contributed by atoms with Gasteiger partial charge < -0.3 is 0 Å². The molecule has 0 spiro atoms. The molecule has 0 saturated heterocycles. The molecule has 1 nitrogen and oxygen atoms in total. The van der Waals surface area contributed by atoms with E-state index in [0.717, 1.165) is 21.1 Å². The molecule has 0 N–H and O–H groups in total. The van der Waals surface area contributed by atoms with Crippen molar-refractivity contribution < 1.29 is 0 Å². The molecule has 5 heteroatoms. The summed E-state index contributed by atoms with van der Waals surface area (Å²) >= 11 is 7.99. The third kappa shape index (κ3) is 4.94. The summed E-state index contributed by atoms with van der Waals surface area (Å²) in [7, 11) is 2.08. The SMILES string of the molecule is S=S=NSS. The van der Waals surface area contributed by atoms with Gasteiger partial charge in [0.1, 0.15) is 0 Å². The van der Waals surface area contributed by atoms with E-state index in [-0.39, 0.29) is 0 Å². The lowest BCUT2D eigenvalue weighted by molar-refractivity contribution is 2.14. The van der Waals surface area contributed by atoms with Gasteiger partial charge in [0.25, 0.3) is 0 Å². The Morgan fingerprint density at radius 3 is 2.40 bits per heavy atom. The summed E-state index contributed by atoms with van der Waals surface area (Å²) in [5.74, 6) is 0. The van der Waals surface area contributed by atoms with E-state index in [0.29, 0.717) is 0 Å². The summed E-state index contributed by atoms with van der Waals surface area (Å²) < 4.78 is 3.48. The van der Waals surface area contributed by atoms with Gasteiger partial charge in [-0.05, 0) is 0 Å². The van der Waals surface area contributed by atoms with Crippen molar-refractivity contribution >= 4 is 43.9 Å². The third-order valence-electron chi connectivity index (χ3n) is 0.0638. The first-order valence-corrected chi connectivity index (χ1v) is 4.24. The maximum Gasteiger partial charge on any atom is 0.0547 e. The molecule has 0 aliphatic rings. The molecule has 5 heavy (non-hydrogen) atoms. The molecule has 0 saturated carbocycles. The van der Waals surface area contributed by atoms with E-state index in [9.17, 15) is 0 Å². The van der Waals surface area contributed by atoms with Gasteiger partial charge in [0, 0.05) is 21.3 Å². The summed E-state index contributed by atoms with van der Waals surface area (Å²) in [5.41, 5.74) is 0. The molecule has 0 aliphatic heterocycles. The highest BCUT2D eigenvalue weighted by molar-refractivity contribution is 8.68. The largest absolute Gasteiger partial charge is 0.137 e. The first kappa shape index (κ1) is 5.94. The topological polar surface area (TPSA) is 12.4 Å². The molecule has 0 rings (SSSR count). The molecular formula is HNS4. The molecule has 0 aromatic carbocycles. The number of hydrogen-bond donors (Lipinski definition) is 1. The highest BCUT2D eigenvalue weighted by atomic mass is 33.1. The molecule has 0 unspecified atom stereocenters. The van der Waals surface area contributed by atoms with E-state index in [4.69, 9.17) is 0 Å². The maximum atomic E-state index is 4.33. The van der Waals surface area contributed by atoms with Gasteiger partial charge in [-0.2, -0.15) is 0 Å². The second-order valence-electron chi connectivity index (χ2n) is 0.231. The molecular weight excluding hydrogens is 142 g/mol. The normalized spacial score (nSPS) is 6.60. The number of nitrogens with zero attached hydrogens (tertiary/aromatic N) is 1. The maximum absolute atomic E-state index is 4.33. The zero-order valence-corrected chi connectivity index (χ0v) is 5.46. The molecule has 0 aromatic heterocycles. The van der Waals surface area contributed by atoms with Crippen LogP contribution in [0.25, 0.3) is 0 Å². The summed E-state index contributed by atoms with van der Waals surface area (Å²) in [4.78, 5) is 0. The Morgan fingerprint density at radius 1 is 1.80 bits per heavy atom. The Morgan fingerprint density at radius 2 is 2.40 bits per heavy atom. The number of rotatable bonds is 1. The summed E-state index contributed by atoms with van der Waals surface area (Å²) in [6.45, 7) is 0. The third-order valence-corrected chi connectivity index (χ3v) is 1.72. The van der Waals surface area contributed by atoms with Crippen molar-refractivity contribution in [1.82, 2.24) is 0 Å². The van der Waals surface area contributed by atoms with Crippen LogP contribution in [0.1, 0.15) is 0 Å². The second-order valence-corrected chi connectivity index (χ2v) is 2.08. The van der Waals surface area contributed by atoms with Crippen molar-refractivity contribution in [3.63, 3.8) is 0 Å². The van der Waals surface area contributed by atoms with Crippen LogP contribution in [-0.4, -0.2) is 0 Å². The standard InChI is InChI=1S/HNS4/c2-4-1-5-3/h2H. The average Bonchev–Trinajstić information content (AvgIpc) is 1.41. The van der Waals surface area contributed by atoms with Crippen molar-refractivity contribution in [3.05, 3.63) is 0 Å². The minimum atomic E-state index is 0.997. The molecule has 0 aromatic rings. The van der Waals surface area contributed by atoms with Gasteiger partial charge in [0.05, 0.1) is 11.0 Å². The molecule has 0 bridgehead atoms. The van der Waals surface area contributed by atoms with E-state index in [1.54, 1.807) is 0 Å². The van der Waals surface area contributed by atoms with Gasteiger partial charge in [0.2, 0.25) is 0 Å². The van der Waals surface area contributed by atoms with E-state index >= 15 is 0 Å². The zero-order chi connectivity index (χ0) is 4.12. The van der Waals surface area contributed by atoms with E-state index in [2.05, 4.69) is 26.6 Å². The smallest absolute Gasteiger partial charge is 0.0547 e. The van der Waals surface area contributed by atoms with Gasteiger partial charge >= 0.3 is 0 Å². The van der Waals surface area contributed by atoms with Gasteiger partial charge in [-0.25, -0.2) is 0 Å². The average molecular weight is 143 g/mol. The first-order valence-electron chi connectivity index (χ1n) is 0.714. The zero-order valence-electron chi connectivity index (χ0n) is 2.12. The molecule has 0 atom stereocenters. The fourth-order valence-corrected chi connectivity index (χ4v) is 1.10. The molecule has 0 heterocycles. The van der Waals surface area contributed by atoms with Crippen LogP contribution in [0.4, 0.5) is 0 Å². The molecule has 0 fully saturated rings. The number of thiol groups is 1. The Labute approximate surface area is 47.9 Å². The van der Waals surface area contributed by atoms with Crippen LogP contribution >= 0.6 is 22.6 Å². The fraction of sp³-hybridized carbons (Fsp3) is 0. The van der Waals surface area contributed by atoms with Crippen LogP contribution in [-0.2, 0) is 21.3 Å². The Bertz CT molecular complexity index is 50.7. The lowest BCUT2D eigenvalue weighted by atomic mass is 13.9. The van der Waals surface area contributed by atoms with Crippen LogP contribution in [0.15, 0.2) is 3.77 Å². The van der Waals surface area contributed by atoms with Crippen LogP contribution in [0, 0.1) is 0 Å². The minimum absolute atomic E-state index is 0.997. The molecule has 30 valence electrons. The molecule has 0 radical (unpaired) electrons. The fourth-order valence-electron chi connectivity index (χ4n) is 0.0136. The Hall–Kier alpha value is 0.940. The number of hydrogen-bond acceptors (Lipinski definition) is 4. The van der Waals surface area contributed by atoms with Crippen molar-refractivity contribution in [2.45, 2.75) is 0 Å². The Kier molecular flexibility index (Phi) is 5.87. The van der Waals surface area contributed by atoms with Crippen molar-refractivity contribution in [2.24, 2.45) is 3.77 Å². The van der Waals surface area contributed by atoms with E-state index < -0.39 is 0 Å². The van der Waals surface area contributed by atoms with Crippen LogP contribution in [0.2, 0.25) is 0 Å². The highest BCUT2D eigenvalue weighted by Crippen LogP contribution is 2.02. The first-order chi connectivity index (χ1) is 2.41. The lowest BCUT2D eigenvalue weighted by Gasteiger charge is -1.57. The van der Waals surface area contributed by atoms with Crippen molar-refractivity contribution in [3.8, 4) is 0 Å².